The van der Waals surface area contributed by atoms with Crippen molar-refractivity contribution in [2.24, 2.45) is 0 Å². The van der Waals surface area contributed by atoms with Gasteiger partial charge in [0.05, 0.1) is 13.2 Å². The molecule has 0 amide bonds. The van der Waals surface area contributed by atoms with Gasteiger partial charge in [0.25, 0.3) is 0 Å². The van der Waals surface area contributed by atoms with Gasteiger partial charge in [-0.25, -0.2) is 0 Å². The number of morpholine rings is 1. The van der Waals surface area contributed by atoms with Crippen molar-refractivity contribution < 1.29 is 4.74 Å². The Bertz CT molecular complexity index is 327. The lowest BCUT2D eigenvalue weighted by Gasteiger charge is -2.23. The van der Waals surface area contributed by atoms with E-state index in [1.54, 1.807) is 0 Å². The van der Waals surface area contributed by atoms with Gasteiger partial charge in [-0.1, -0.05) is 37.6 Å². The van der Waals surface area contributed by atoms with Crippen LogP contribution in [0, 0.1) is 0 Å². The summed E-state index contributed by atoms with van der Waals surface area (Å²) in [6.45, 7) is 4.98. The molecule has 1 atom stereocenters. The second kappa shape index (κ2) is 7.55. The van der Waals surface area contributed by atoms with Crippen molar-refractivity contribution in [1.82, 2.24) is 5.32 Å². The van der Waals surface area contributed by atoms with E-state index in [1.807, 2.05) is 0 Å². The summed E-state index contributed by atoms with van der Waals surface area (Å²) in [4.78, 5) is 0. The van der Waals surface area contributed by atoms with E-state index in [4.69, 9.17) is 4.74 Å². The van der Waals surface area contributed by atoms with Gasteiger partial charge >= 0.3 is 0 Å². The number of nitrogens with one attached hydrogen (secondary N) is 1. The molecule has 1 unspecified atom stereocenters. The molecule has 2 rings (SSSR count). The van der Waals surface area contributed by atoms with Gasteiger partial charge in [-0.15, -0.1) is 0 Å². The summed E-state index contributed by atoms with van der Waals surface area (Å²) >= 11 is 0. The molecule has 0 saturated carbocycles. The van der Waals surface area contributed by atoms with Crippen molar-refractivity contribution in [1.29, 1.82) is 0 Å². The largest absolute Gasteiger partial charge is 0.379 e. The number of benzene rings is 1. The number of aryl methyl sites for hydroxylation is 2. The van der Waals surface area contributed by atoms with E-state index in [2.05, 4.69) is 36.5 Å². The predicted octanol–water partition coefficient (Wildman–Crippen LogP) is 2.95. The van der Waals surface area contributed by atoms with Crippen LogP contribution in [-0.2, 0) is 17.6 Å². The summed E-state index contributed by atoms with van der Waals surface area (Å²) in [7, 11) is 0. The number of ether oxygens (including phenoxy) is 1. The molecule has 18 heavy (non-hydrogen) atoms. The molecule has 1 N–H and O–H groups in total. The minimum absolute atomic E-state index is 0.540. The van der Waals surface area contributed by atoms with Crippen LogP contribution in [0.2, 0.25) is 0 Å². The van der Waals surface area contributed by atoms with Crippen molar-refractivity contribution in [2.45, 2.75) is 45.1 Å². The Hall–Kier alpha value is -0.860. The number of unbranched alkanes of at least 4 members (excludes halogenated alkanes) is 1. The lowest BCUT2D eigenvalue weighted by molar-refractivity contribution is 0.0743. The zero-order valence-corrected chi connectivity index (χ0v) is 11.5. The van der Waals surface area contributed by atoms with Crippen LogP contribution in [0.4, 0.5) is 0 Å². The van der Waals surface area contributed by atoms with E-state index in [0.29, 0.717) is 6.04 Å². The average molecular weight is 247 g/mol. The molecule has 100 valence electrons. The third-order valence-electron chi connectivity index (χ3n) is 3.62. The second-order valence-corrected chi connectivity index (χ2v) is 5.18. The molecule has 1 fully saturated rings. The molecule has 1 aliphatic rings. The molecule has 0 spiro atoms. The van der Waals surface area contributed by atoms with Gasteiger partial charge in [-0.2, -0.15) is 0 Å². The van der Waals surface area contributed by atoms with E-state index in [9.17, 15) is 0 Å². The molecule has 1 aromatic rings. The molecule has 2 heteroatoms. The SMILES string of the molecule is CCCCc1ccc(CCC2COCCN2)cc1. The zero-order chi connectivity index (χ0) is 12.6. The molecule has 0 aliphatic carbocycles. The average Bonchev–Trinajstić information content (AvgIpc) is 2.45. The normalized spacial score (nSPS) is 19.9. The number of hydrogen-bond donors (Lipinski definition) is 1. The maximum Gasteiger partial charge on any atom is 0.0620 e. The van der Waals surface area contributed by atoms with Crippen LogP contribution in [0.1, 0.15) is 37.3 Å². The van der Waals surface area contributed by atoms with Gasteiger partial charge in [-0.3, -0.25) is 0 Å². The highest BCUT2D eigenvalue weighted by Crippen LogP contribution is 2.11. The number of rotatable bonds is 6. The highest BCUT2D eigenvalue weighted by molar-refractivity contribution is 5.22. The van der Waals surface area contributed by atoms with Crippen molar-refractivity contribution >= 4 is 0 Å². The Kier molecular flexibility index (Phi) is 5.69. The lowest BCUT2D eigenvalue weighted by Crippen LogP contribution is -2.41. The summed E-state index contributed by atoms with van der Waals surface area (Å²) in [6, 6.07) is 9.69. The van der Waals surface area contributed by atoms with E-state index in [0.717, 1.165) is 26.2 Å². The molecule has 0 radical (unpaired) electrons. The van der Waals surface area contributed by atoms with Crippen LogP contribution in [-0.4, -0.2) is 25.8 Å². The topological polar surface area (TPSA) is 21.3 Å². The molecule has 1 aliphatic heterocycles. The quantitative estimate of drug-likeness (QED) is 0.834. The Morgan fingerprint density at radius 3 is 2.50 bits per heavy atom. The van der Waals surface area contributed by atoms with Crippen LogP contribution >= 0.6 is 0 Å². The third-order valence-corrected chi connectivity index (χ3v) is 3.62. The first-order chi connectivity index (χ1) is 8.88. The smallest absolute Gasteiger partial charge is 0.0620 e. The maximum atomic E-state index is 5.47. The van der Waals surface area contributed by atoms with Crippen LogP contribution in [0.25, 0.3) is 0 Å². The highest BCUT2D eigenvalue weighted by atomic mass is 16.5. The van der Waals surface area contributed by atoms with Crippen molar-refractivity contribution in [3.05, 3.63) is 35.4 Å². The van der Waals surface area contributed by atoms with Gasteiger partial charge in [0, 0.05) is 12.6 Å². The first-order valence-electron chi connectivity index (χ1n) is 7.27. The molecule has 0 bridgehead atoms. The lowest BCUT2D eigenvalue weighted by atomic mass is 10.0. The predicted molar refractivity (Wildman–Crippen MR) is 76.0 cm³/mol. The number of hydrogen-bond acceptors (Lipinski definition) is 2. The zero-order valence-electron chi connectivity index (χ0n) is 11.5. The molecule has 1 heterocycles. The van der Waals surface area contributed by atoms with Gasteiger partial charge in [0.1, 0.15) is 0 Å². The fourth-order valence-electron chi connectivity index (χ4n) is 2.40. The van der Waals surface area contributed by atoms with Crippen LogP contribution < -0.4 is 5.32 Å². The summed E-state index contributed by atoms with van der Waals surface area (Å²) < 4.78 is 5.47. The van der Waals surface area contributed by atoms with Crippen LogP contribution in [0.5, 0.6) is 0 Å². The van der Waals surface area contributed by atoms with Crippen LogP contribution in [0.3, 0.4) is 0 Å². The van der Waals surface area contributed by atoms with Gasteiger partial charge in [-0.05, 0) is 36.8 Å². The first kappa shape index (κ1) is 13.6. The maximum absolute atomic E-state index is 5.47. The molecular weight excluding hydrogens is 222 g/mol. The fourth-order valence-corrected chi connectivity index (χ4v) is 2.40. The second-order valence-electron chi connectivity index (χ2n) is 5.18. The fraction of sp³-hybridized carbons (Fsp3) is 0.625. The van der Waals surface area contributed by atoms with Gasteiger partial charge in [0.15, 0.2) is 0 Å². The van der Waals surface area contributed by atoms with Gasteiger partial charge < -0.3 is 10.1 Å². The van der Waals surface area contributed by atoms with Crippen molar-refractivity contribution in [2.75, 3.05) is 19.8 Å². The summed E-state index contributed by atoms with van der Waals surface area (Å²) in [5.74, 6) is 0. The van der Waals surface area contributed by atoms with Crippen molar-refractivity contribution in [3.8, 4) is 0 Å². The van der Waals surface area contributed by atoms with Gasteiger partial charge in [0.2, 0.25) is 0 Å². The minimum atomic E-state index is 0.540. The monoisotopic (exact) mass is 247 g/mol. The molecule has 2 nitrogen and oxygen atoms in total. The van der Waals surface area contributed by atoms with Crippen LogP contribution in [0.15, 0.2) is 24.3 Å². The van der Waals surface area contributed by atoms with E-state index in [1.165, 1.54) is 36.8 Å². The summed E-state index contributed by atoms with van der Waals surface area (Å²) in [5.41, 5.74) is 2.92. The van der Waals surface area contributed by atoms with E-state index < -0.39 is 0 Å². The highest BCUT2D eigenvalue weighted by Gasteiger charge is 2.12. The Labute approximate surface area is 111 Å². The summed E-state index contributed by atoms with van der Waals surface area (Å²) in [6.07, 6.45) is 6.11. The Balaban J connectivity index is 1.75. The summed E-state index contributed by atoms with van der Waals surface area (Å²) in [5, 5.41) is 3.50. The standard InChI is InChI=1S/C16H25NO/c1-2-3-4-14-5-7-15(8-6-14)9-10-16-13-18-12-11-17-16/h5-8,16-17H,2-4,9-13H2,1H3. The third kappa shape index (κ3) is 4.43. The minimum Gasteiger partial charge on any atom is -0.379 e. The Morgan fingerprint density at radius 2 is 1.89 bits per heavy atom. The molecular formula is C16H25NO. The molecule has 0 aromatic heterocycles. The van der Waals surface area contributed by atoms with Crippen molar-refractivity contribution in [3.63, 3.8) is 0 Å². The molecule has 1 aromatic carbocycles. The van der Waals surface area contributed by atoms with E-state index >= 15 is 0 Å². The molecule has 1 saturated heterocycles. The Morgan fingerprint density at radius 1 is 1.17 bits per heavy atom. The first-order valence-corrected chi connectivity index (χ1v) is 7.27. The van der Waals surface area contributed by atoms with E-state index in [-0.39, 0.29) is 0 Å².